The van der Waals surface area contributed by atoms with Crippen LogP contribution < -0.4 is 5.56 Å². The molecule has 0 atom stereocenters. The summed E-state index contributed by atoms with van der Waals surface area (Å²) in [5.41, 5.74) is -1.20. The minimum Gasteiger partial charge on any atom is -0.293 e. The molecule has 0 amide bonds. The van der Waals surface area contributed by atoms with Crippen molar-refractivity contribution in [2.24, 2.45) is 0 Å². The number of rotatable bonds is 4. The highest BCUT2D eigenvalue weighted by Gasteiger charge is 2.34. The summed E-state index contributed by atoms with van der Waals surface area (Å²) in [5.74, 6) is 0.0591. The first-order valence-electron chi connectivity index (χ1n) is 6.67. The van der Waals surface area contributed by atoms with Gasteiger partial charge in [0.15, 0.2) is 0 Å². The lowest BCUT2D eigenvalue weighted by Gasteiger charge is -2.16. The number of benzene rings is 1. The van der Waals surface area contributed by atoms with Gasteiger partial charge in [-0.25, -0.2) is 4.98 Å². The average molecular weight is 296 g/mol. The lowest BCUT2D eigenvalue weighted by molar-refractivity contribution is -0.137. The number of nitrogens with zero attached hydrogens (tertiary/aromatic N) is 2. The molecular weight excluding hydrogens is 281 g/mol. The molecule has 0 aliphatic heterocycles. The van der Waals surface area contributed by atoms with Crippen molar-refractivity contribution in [2.75, 3.05) is 0 Å². The molecule has 2 rings (SSSR count). The summed E-state index contributed by atoms with van der Waals surface area (Å²) < 4.78 is 40.6. The average Bonchev–Trinajstić information content (AvgIpc) is 2.45. The molecule has 0 aliphatic rings. The fourth-order valence-electron chi connectivity index (χ4n) is 2.11. The second-order valence-corrected chi connectivity index (χ2v) is 4.66. The summed E-state index contributed by atoms with van der Waals surface area (Å²) in [4.78, 5) is 15.9. The third kappa shape index (κ3) is 3.32. The fourth-order valence-corrected chi connectivity index (χ4v) is 2.11. The summed E-state index contributed by atoms with van der Waals surface area (Å²) in [7, 11) is 0. The molecule has 3 nitrogen and oxygen atoms in total. The summed E-state index contributed by atoms with van der Waals surface area (Å²) in [6.45, 7) is 2.30. The van der Waals surface area contributed by atoms with Crippen molar-refractivity contribution >= 4 is 0 Å². The Morgan fingerprint density at radius 3 is 2.57 bits per heavy atom. The largest absolute Gasteiger partial charge is 0.417 e. The zero-order valence-electron chi connectivity index (χ0n) is 11.5. The maximum Gasteiger partial charge on any atom is 0.417 e. The van der Waals surface area contributed by atoms with Gasteiger partial charge >= 0.3 is 6.18 Å². The lowest BCUT2D eigenvalue weighted by Crippen LogP contribution is -2.23. The maximum absolute atomic E-state index is 13.1. The Morgan fingerprint density at radius 1 is 1.19 bits per heavy atom. The van der Waals surface area contributed by atoms with Crippen molar-refractivity contribution in [2.45, 2.75) is 32.5 Å². The minimum atomic E-state index is -4.49. The van der Waals surface area contributed by atoms with E-state index in [0.29, 0.717) is 13.0 Å². The third-order valence-electron chi connectivity index (χ3n) is 3.14. The van der Waals surface area contributed by atoms with Crippen LogP contribution in [0.25, 0.3) is 11.4 Å². The van der Waals surface area contributed by atoms with Crippen LogP contribution in [0.3, 0.4) is 0 Å². The number of unbranched alkanes of at least 4 members (excludes halogenated alkanes) is 1. The lowest BCUT2D eigenvalue weighted by atomic mass is 10.1. The van der Waals surface area contributed by atoms with E-state index in [9.17, 15) is 18.0 Å². The van der Waals surface area contributed by atoms with E-state index in [1.165, 1.54) is 35.0 Å². The van der Waals surface area contributed by atoms with Crippen LogP contribution in [-0.4, -0.2) is 9.55 Å². The van der Waals surface area contributed by atoms with E-state index in [-0.39, 0.29) is 16.9 Å². The first-order valence-corrected chi connectivity index (χ1v) is 6.67. The second-order valence-electron chi connectivity index (χ2n) is 4.66. The standard InChI is InChI=1S/C15H15F3N2O/c1-2-3-10-20-13(21)8-9-19-14(20)11-6-4-5-7-12(11)15(16,17)18/h4-9H,2-3,10H2,1H3. The van der Waals surface area contributed by atoms with E-state index < -0.39 is 11.7 Å². The predicted octanol–water partition coefficient (Wildman–Crippen LogP) is 3.73. The number of hydrogen-bond donors (Lipinski definition) is 0. The molecule has 1 aromatic carbocycles. The molecule has 112 valence electrons. The van der Waals surface area contributed by atoms with Gasteiger partial charge in [-0.15, -0.1) is 0 Å². The summed E-state index contributed by atoms with van der Waals surface area (Å²) in [6.07, 6.45) is -1.71. The van der Waals surface area contributed by atoms with Gasteiger partial charge in [0.2, 0.25) is 0 Å². The molecule has 0 N–H and O–H groups in total. The van der Waals surface area contributed by atoms with E-state index >= 15 is 0 Å². The highest BCUT2D eigenvalue weighted by Crippen LogP contribution is 2.35. The quantitative estimate of drug-likeness (QED) is 0.861. The Morgan fingerprint density at radius 2 is 1.90 bits per heavy atom. The van der Waals surface area contributed by atoms with Gasteiger partial charge in [-0.1, -0.05) is 31.5 Å². The number of halogens is 3. The molecular formula is C15H15F3N2O. The Labute approximate surface area is 120 Å². The van der Waals surface area contributed by atoms with Crippen molar-refractivity contribution in [1.29, 1.82) is 0 Å². The van der Waals surface area contributed by atoms with Gasteiger partial charge in [0.05, 0.1) is 5.56 Å². The monoisotopic (exact) mass is 296 g/mol. The fraction of sp³-hybridized carbons (Fsp3) is 0.333. The van der Waals surface area contributed by atoms with Crippen molar-refractivity contribution in [1.82, 2.24) is 9.55 Å². The van der Waals surface area contributed by atoms with Crippen LogP contribution in [0.15, 0.2) is 41.3 Å². The summed E-state index contributed by atoms with van der Waals surface area (Å²) in [5, 5.41) is 0. The molecule has 0 fully saturated rings. The van der Waals surface area contributed by atoms with E-state index in [0.717, 1.165) is 12.5 Å². The van der Waals surface area contributed by atoms with Crippen molar-refractivity contribution in [3.63, 3.8) is 0 Å². The summed E-state index contributed by atoms with van der Waals surface area (Å²) in [6, 6.07) is 6.43. The van der Waals surface area contributed by atoms with Crippen LogP contribution in [0.5, 0.6) is 0 Å². The Kier molecular flexibility index (Phi) is 4.45. The summed E-state index contributed by atoms with van der Waals surface area (Å²) >= 11 is 0. The van der Waals surface area contributed by atoms with Crippen molar-refractivity contribution in [3.8, 4) is 11.4 Å². The van der Waals surface area contributed by atoms with E-state index in [2.05, 4.69) is 4.98 Å². The molecule has 1 aromatic heterocycles. The first kappa shape index (κ1) is 15.3. The van der Waals surface area contributed by atoms with Crippen LogP contribution in [0, 0.1) is 0 Å². The van der Waals surface area contributed by atoms with Gasteiger partial charge in [0.1, 0.15) is 5.82 Å². The molecule has 21 heavy (non-hydrogen) atoms. The molecule has 0 radical (unpaired) electrons. The molecule has 2 aromatic rings. The molecule has 0 aliphatic carbocycles. The van der Waals surface area contributed by atoms with E-state index in [1.807, 2.05) is 6.92 Å². The highest BCUT2D eigenvalue weighted by atomic mass is 19.4. The van der Waals surface area contributed by atoms with Gasteiger partial charge < -0.3 is 0 Å². The number of hydrogen-bond acceptors (Lipinski definition) is 2. The Hall–Kier alpha value is -2.11. The van der Waals surface area contributed by atoms with E-state index in [1.54, 1.807) is 0 Å². The van der Waals surface area contributed by atoms with Crippen molar-refractivity contribution < 1.29 is 13.2 Å². The van der Waals surface area contributed by atoms with Crippen LogP contribution in [0.4, 0.5) is 13.2 Å². The maximum atomic E-state index is 13.1. The third-order valence-corrected chi connectivity index (χ3v) is 3.14. The van der Waals surface area contributed by atoms with Gasteiger partial charge in [-0.2, -0.15) is 13.2 Å². The normalized spacial score (nSPS) is 11.6. The molecule has 1 heterocycles. The van der Waals surface area contributed by atoms with Gasteiger partial charge in [0, 0.05) is 24.4 Å². The number of aromatic nitrogens is 2. The predicted molar refractivity (Wildman–Crippen MR) is 73.8 cm³/mol. The SMILES string of the molecule is CCCCn1c(-c2ccccc2C(F)(F)F)nccc1=O. The molecule has 0 saturated heterocycles. The van der Waals surface area contributed by atoms with Crippen LogP contribution in [0.2, 0.25) is 0 Å². The molecule has 0 spiro atoms. The van der Waals surface area contributed by atoms with E-state index in [4.69, 9.17) is 0 Å². The molecule has 0 bridgehead atoms. The molecule has 0 saturated carbocycles. The van der Waals surface area contributed by atoms with Crippen LogP contribution in [-0.2, 0) is 12.7 Å². The van der Waals surface area contributed by atoms with Crippen LogP contribution >= 0.6 is 0 Å². The second kappa shape index (κ2) is 6.11. The highest BCUT2D eigenvalue weighted by molar-refractivity contribution is 5.61. The first-order chi connectivity index (χ1) is 9.95. The van der Waals surface area contributed by atoms with Gasteiger partial charge in [-0.05, 0) is 12.5 Å². The topological polar surface area (TPSA) is 34.9 Å². The molecule has 6 heteroatoms. The minimum absolute atomic E-state index is 0.0591. The van der Waals surface area contributed by atoms with Gasteiger partial charge in [0.25, 0.3) is 5.56 Å². The zero-order valence-corrected chi connectivity index (χ0v) is 11.5. The molecule has 0 unspecified atom stereocenters. The number of alkyl halides is 3. The Balaban J connectivity index is 2.63. The van der Waals surface area contributed by atoms with Crippen LogP contribution in [0.1, 0.15) is 25.3 Å². The van der Waals surface area contributed by atoms with Crippen molar-refractivity contribution in [3.05, 3.63) is 52.4 Å². The zero-order chi connectivity index (χ0) is 15.5. The smallest absolute Gasteiger partial charge is 0.293 e. The Bertz CT molecular complexity index is 677. The van der Waals surface area contributed by atoms with Gasteiger partial charge in [-0.3, -0.25) is 9.36 Å².